The van der Waals surface area contributed by atoms with Gasteiger partial charge in [-0.3, -0.25) is 0 Å². The normalized spacial score (nSPS) is 12.8. The van der Waals surface area contributed by atoms with Crippen molar-refractivity contribution in [3.8, 4) is 0 Å². The summed E-state index contributed by atoms with van der Waals surface area (Å²) in [6, 6.07) is 6.07. The Morgan fingerprint density at radius 3 is 2.60 bits per heavy atom. The van der Waals surface area contributed by atoms with Crippen LogP contribution in [0.15, 0.2) is 18.2 Å². The Morgan fingerprint density at radius 1 is 1.27 bits per heavy atom. The van der Waals surface area contributed by atoms with Crippen LogP contribution in [0, 0.1) is 0 Å². The predicted octanol–water partition coefficient (Wildman–Crippen LogP) is 4.10. The van der Waals surface area contributed by atoms with Gasteiger partial charge in [0.2, 0.25) is 0 Å². The van der Waals surface area contributed by atoms with Crippen molar-refractivity contribution < 1.29 is 0 Å². The van der Waals surface area contributed by atoms with Crippen molar-refractivity contribution in [2.75, 3.05) is 5.88 Å². The number of hydrogen-bond acceptors (Lipinski definition) is 1. The maximum atomic E-state index is 5.91. The lowest BCUT2D eigenvalue weighted by atomic mass is 10.2. The Morgan fingerprint density at radius 2 is 2.00 bits per heavy atom. The second-order valence-electron chi connectivity index (χ2n) is 3.51. The molecule has 0 aliphatic carbocycles. The third-order valence-corrected chi connectivity index (χ3v) is 3.14. The topological polar surface area (TPSA) is 12.0 Å². The molecule has 4 heteroatoms. The maximum Gasteiger partial charge on any atom is 0.0595 e. The van der Waals surface area contributed by atoms with Crippen LogP contribution in [0.5, 0.6) is 0 Å². The fourth-order valence-electron chi connectivity index (χ4n) is 1.21. The second-order valence-corrected chi connectivity index (χ2v) is 4.70. The summed E-state index contributed by atoms with van der Waals surface area (Å²) >= 11 is 17.4. The molecule has 0 aliphatic heterocycles. The molecule has 0 aliphatic rings. The van der Waals surface area contributed by atoms with Crippen molar-refractivity contribution in [3.63, 3.8) is 0 Å². The summed E-state index contributed by atoms with van der Waals surface area (Å²) in [6.07, 6.45) is 0.961. The number of benzene rings is 1. The molecule has 0 radical (unpaired) electrons. The summed E-state index contributed by atoms with van der Waals surface area (Å²) in [7, 11) is 0. The first-order valence-electron chi connectivity index (χ1n) is 4.86. The van der Waals surface area contributed by atoms with E-state index in [-0.39, 0.29) is 0 Å². The molecule has 0 amide bonds. The van der Waals surface area contributed by atoms with E-state index >= 15 is 0 Å². The molecule has 1 N–H and O–H groups in total. The molecule has 1 nitrogen and oxygen atoms in total. The fourth-order valence-corrected chi connectivity index (χ4v) is 1.86. The van der Waals surface area contributed by atoms with Crippen molar-refractivity contribution in [1.82, 2.24) is 5.32 Å². The maximum absolute atomic E-state index is 5.91. The van der Waals surface area contributed by atoms with E-state index in [0.29, 0.717) is 22.0 Å². The molecule has 1 aromatic rings. The zero-order valence-electron chi connectivity index (χ0n) is 8.56. The average Bonchev–Trinajstić information content (AvgIpc) is 2.20. The van der Waals surface area contributed by atoms with Crippen molar-refractivity contribution in [2.45, 2.75) is 25.9 Å². The number of rotatable bonds is 5. The Labute approximate surface area is 106 Å². The lowest BCUT2D eigenvalue weighted by Crippen LogP contribution is -2.25. The molecule has 1 rings (SSSR count). The van der Waals surface area contributed by atoms with Gasteiger partial charge < -0.3 is 5.32 Å². The minimum absolute atomic E-state index is 0.414. The van der Waals surface area contributed by atoms with Crippen LogP contribution < -0.4 is 5.32 Å². The van der Waals surface area contributed by atoms with Crippen LogP contribution in [0.25, 0.3) is 0 Å². The summed E-state index contributed by atoms with van der Waals surface area (Å²) in [5.41, 5.74) is 1.13. The summed E-state index contributed by atoms with van der Waals surface area (Å²) in [6.45, 7) is 2.90. The first-order valence-corrected chi connectivity index (χ1v) is 6.16. The molecule has 1 unspecified atom stereocenters. The highest BCUT2D eigenvalue weighted by Crippen LogP contribution is 2.22. The SMILES string of the molecule is CC(CCCl)NCc1ccc(Cl)c(Cl)c1. The van der Waals surface area contributed by atoms with Gasteiger partial charge in [0.1, 0.15) is 0 Å². The molecule has 0 spiro atoms. The van der Waals surface area contributed by atoms with E-state index in [1.165, 1.54) is 0 Å². The second kappa shape index (κ2) is 6.59. The highest BCUT2D eigenvalue weighted by Gasteiger charge is 2.02. The van der Waals surface area contributed by atoms with Gasteiger partial charge in [-0.1, -0.05) is 29.3 Å². The van der Waals surface area contributed by atoms with Crippen LogP contribution >= 0.6 is 34.8 Å². The largest absolute Gasteiger partial charge is 0.310 e. The molecule has 1 atom stereocenters. The van der Waals surface area contributed by atoms with Crippen molar-refractivity contribution in [3.05, 3.63) is 33.8 Å². The smallest absolute Gasteiger partial charge is 0.0595 e. The molecule has 0 bridgehead atoms. The van der Waals surface area contributed by atoms with Gasteiger partial charge in [0.15, 0.2) is 0 Å². The Bertz CT molecular complexity index is 315. The lowest BCUT2D eigenvalue weighted by molar-refractivity contribution is 0.536. The number of hydrogen-bond donors (Lipinski definition) is 1. The van der Waals surface area contributed by atoms with Crippen LogP contribution in [0.3, 0.4) is 0 Å². The highest BCUT2D eigenvalue weighted by atomic mass is 35.5. The summed E-state index contributed by atoms with van der Waals surface area (Å²) in [5.74, 6) is 0.676. The highest BCUT2D eigenvalue weighted by molar-refractivity contribution is 6.42. The van der Waals surface area contributed by atoms with E-state index < -0.39 is 0 Å². The minimum Gasteiger partial charge on any atom is -0.310 e. The monoisotopic (exact) mass is 265 g/mol. The zero-order valence-corrected chi connectivity index (χ0v) is 10.8. The van der Waals surface area contributed by atoms with Gasteiger partial charge in [-0.05, 0) is 31.0 Å². The third-order valence-electron chi connectivity index (χ3n) is 2.18. The number of alkyl halides is 1. The van der Waals surface area contributed by atoms with Crippen LogP contribution in [0.1, 0.15) is 18.9 Å². The fraction of sp³-hybridized carbons (Fsp3) is 0.455. The van der Waals surface area contributed by atoms with Gasteiger partial charge >= 0.3 is 0 Å². The molecule has 15 heavy (non-hydrogen) atoms. The molecule has 0 aromatic heterocycles. The quantitative estimate of drug-likeness (QED) is 0.791. The Kier molecular flexibility index (Phi) is 5.77. The Hall–Kier alpha value is 0.0500. The molecule has 1 aromatic carbocycles. The van der Waals surface area contributed by atoms with Crippen molar-refractivity contribution in [1.29, 1.82) is 0 Å². The van der Waals surface area contributed by atoms with Gasteiger partial charge in [-0.25, -0.2) is 0 Å². The summed E-state index contributed by atoms with van der Waals surface area (Å²) < 4.78 is 0. The van der Waals surface area contributed by atoms with Crippen molar-refractivity contribution >= 4 is 34.8 Å². The van der Waals surface area contributed by atoms with Crippen LogP contribution in [-0.2, 0) is 6.54 Å². The first-order chi connectivity index (χ1) is 7.13. The predicted molar refractivity (Wildman–Crippen MR) is 68.1 cm³/mol. The number of halogens is 3. The average molecular weight is 267 g/mol. The van der Waals surface area contributed by atoms with E-state index in [2.05, 4.69) is 12.2 Å². The third kappa shape index (κ3) is 4.60. The van der Waals surface area contributed by atoms with E-state index in [9.17, 15) is 0 Å². The van der Waals surface area contributed by atoms with E-state index in [0.717, 1.165) is 18.5 Å². The first kappa shape index (κ1) is 13.1. The molecule has 0 saturated carbocycles. The number of nitrogens with one attached hydrogen (secondary N) is 1. The standard InChI is InChI=1S/C11H14Cl3N/c1-8(4-5-12)15-7-9-2-3-10(13)11(14)6-9/h2-3,6,8,15H,4-5,7H2,1H3. The Balaban J connectivity index is 2.47. The van der Waals surface area contributed by atoms with Crippen LogP contribution in [-0.4, -0.2) is 11.9 Å². The van der Waals surface area contributed by atoms with E-state index in [4.69, 9.17) is 34.8 Å². The van der Waals surface area contributed by atoms with E-state index in [1.54, 1.807) is 0 Å². The van der Waals surface area contributed by atoms with Gasteiger partial charge in [-0.15, -0.1) is 11.6 Å². The molecule has 84 valence electrons. The zero-order chi connectivity index (χ0) is 11.3. The molecule has 0 heterocycles. The van der Waals surface area contributed by atoms with Crippen molar-refractivity contribution in [2.24, 2.45) is 0 Å². The lowest BCUT2D eigenvalue weighted by Gasteiger charge is -2.12. The van der Waals surface area contributed by atoms with Crippen LogP contribution in [0.2, 0.25) is 10.0 Å². The van der Waals surface area contributed by atoms with Gasteiger partial charge in [0, 0.05) is 18.5 Å². The summed E-state index contributed by atoms with van der Waals surface area (Å²) in [5, 5.41) is 4.55. The van der Waals surface area contributed by atoms with Crippen LogP contribution in [0.4, 0.5) is 0 Å². The molecular formula is C11H14Cl3N. The van der Waals surface area contributed by atoms with Gasteiger partial charge in [-0.2, -0.15) is 0 Å². The van der Waals surface area contributed by atoms with Gasteiger partial charge in [0.05, 0.1) is 10.0 Å². The van der Waals surface area contributed by atoms with E-state index in [1.807, 2.05) is 18.2 Å². The molecular weight excluding hydrogens is 252 g/mol. The summed E-state index contributed by atoms with van der Waals surface area (Å²) in [4.78, 5) is 0. The molecule has 0 saturated heterocycles. The minimum atomic E-state index is 0.414. The van der Waals surface area contributed by atoms with Gasteiger partial charge in [0.25, 0.3) is 0 Å². The molecule has 0 fully saturated rings.